The molecule has 0 spiro atoms. The molecule has 15 atom stereocenters. The molecule has 0 aromatic heterocycles. The fraction of sp³-hybridized carbons (Fsp3) is 0.614. The van der Waals surface area contributed by atoms with Crippen LogP contribution in [-0.4, -0.2) is 133 Å². The molecule has 2 unspecified atom stereocenters. The van der Waals surface area contributed by atoms with Gasteiger partial charge >= 0.3 is 24.1 Å². The van der Waals surface area contributed by atoms with E-state index in [-0.39, 0.29) is 107 Å². The van der Waals surface area contributed by atoms with Crippen LogP contribution >= 0.6 is 0 Å². The van der Waals surface area contributed by atoms with Crippen LogP contribution in [0.1, 0.15) is 152 Å². The molecule has 5 fully saturated rings. The number of hydrogen-bond donors (Lipinski definition) is 6. The molecule has 2 aromatic rings. The Hall–Kier alpha value is -7.39. The van der Waals surface area contributed by atoms with Gasteiger partial charge in [0.05, 0.1) is 37.0 Å². The number of ketones is 3. The molecule has 504 valence electrons. The van der Waals surface area contributed by atoms with Crippen LogP contribution in [0.5, 0.6) is 0 Å². The molecule has 7 N–H and O–H groups in total. The first-order valence-corrected chi connectivity index (χ1v) is 32.9. The lowest BCUT2D eigenvalue weighted by Gasteiger charge is -2.63. The zero-order valence-electron chi connectivity index (χ0n) is 53.7. The summed E-state index contributed by atoms with van der Waals surface area (Å²) in [5.41, 5.74) is -0.123. The van der Waals surface area contributed by atoms with E-state index in [1.807, 2.05) is 6.92 Å². The number of Topliss-reactive ketones (excluding diaryl/α,β-unsaturated/α-hetero) is 2. The second kappa shape index (κ2) is 30.3. The molecule has 1 saturated heterocycles. The van der Waals surface area contributed by atoms with E-state index in [2.05, 4.69) is 33.1 Å². The van der Waals surface area contributed by atoms with Gasteiger partial charge in [-0.1, -0.05) is 64.5 Å². The van der Waals surface area contributed by atoms with Crippen molar-refractivity contribution in [1.82, 2.24) is 16.0 Å². The number of amides is 5. The third-order valence-electron chi connectivity index (χ3n) is 20.5. The van der Waals surface area contributed by atoms with Gasteiger partial charge in [0.1, 0.15) is 12.8 Å². The monoisotopic (exact) mass is 1290 g/mol. The highest BCUT2D eigenvalue weighted by atomic mass is 19.1. The van der Waals surface area contributed by atoms with E-state index in [0.717, 1.165) is 31.8 Å². The number of fused-ring (bicyclic) bond motifs is 8. The van der Waals surface area contributed by atoms with Crippen LogP contribution in [0, 0.1) is 64.1 Å². The van der Waals surface area contributed by atoms with Crippen molar-refractivity contribution >= 4 is 58.9 Å². The number of benzene rings is 2. The van der Waals surface area contributed by atoms with E-state index in [9.17, 15) is 48.3 Å². The zero-order valence-corrected chi connectivity index (χ0v) is 53.7. The summed E-state index contributed by atoms with van der Waals surface area (Å²) >= 11 is 0. The van der Waals surface area contributed by atoms with Gasteiger partial charge in [-0.15, -0.1) is 11.8 Å². The summed E-state index contributed by atoms with van der Waals surface area (Å²) in [5.74, 6) is 1.63. The summed E-state index contributed by atoms with van der Waals surface area (Å²) in [6, 6.07) is 11.0. The molecule has 23 heteroatoms. The quantitative estimate of drug-likeness (QED) is 0.0185. The lowest BCUT2D eigenvalue weighted by molar-refractivity contribution is -0.234. The number of aliphatic hydroxyl groups excluding tert-OH is 1. The van der Waals surface area contributed by atoms with Crippen molar-refractivity contribution in [2.45, 2.75) is 186 Å². The van der Waals surface area contributed by atoms with E-state index in [1.165, 1.54) is 31.2 Å². The number of carbonyl (C=O) groups is 9. The molecule has 4 saturated carbocycles. The first-order valence-electron chi connectivity index (χ1n) is 32.9. The average molecular weight is 1290 g/mol. The molecular formula is C70H89F2N5O16. The third kappa shape index (κ3) is 15.6. The minimum atomic E-state index is -2.38. The smallest absolute Gasteiger partial charge is 0.407 e. The predicted octanol–water partition coefficient (Wildman–Crippen LogP) is 8.32. The maximum absolute atomic E-state index is 17.9. The second-order valence-corrected chi connectivity index (χ2v) is 26.8. The van der Waals surface area contributed by atoms with Gasteiger partial charge in [0.2, 0.25) is 17.6 Å². The van der Waals surface area contributed by atoms with Gasteiger partial charge in [-0.2, -0.15) is 0 Å². The number of nitrogens with one attached hydrogen (secondary N) is 4. The van der Waals surface area contributed by atoms with Crippen molar-refractivity contribution in [2.75, 3.05) is 38.3 Å². The van der Waals surface area contributed by atoms with Crippen LogP contribution in [0.4, 0.5) is 24.1 Å². The summed E-state index contributed by atoms with van der Waals surface area (Å²) in [7, 11) is 0. The van der Waals surface area contributed by atoms with Gasteiger partial charge in [0.15, 0.2) is 35.7 Å². The highest BCUT2D eigenvalue weighted by Crippen LogP contribution is 2.72. The first-order chi connectivity index (χ1) is 44.4. The molecule has 93 heavy (non-hydrogen) atoms. The van der Waals surface area contributed by atoms with E-state index < -0.39 is 119 Å². The standard InChI is InChI=1S/C70H89F2N5O16/c1-6-13-61-92-58-35-51-52-34-54(71)53-33-47(78)26-28-67(53,4)69(52,72)56(80)36-68(51,5)70(58,93-61)57(81)40-90-64(85)44-22-18-42(19-23-44)37-75-66(87)91-38-43-20-24-46(25-21-43)76-63(84)45(14-11-29-74-65(73)86)32-55(79)62(41(2)3)77-59(82)27-31-88-30-12-17-60(83)89-39-50-48-15-9-7-8-10-16-49(48)50/h18-26,28,33,41,45,48-52,54,56,58,61-62,80H,6,9-17,27,29-32,34-40H2,1-5H3,(H,75,87)(H,76,84)(H,77,82)(H3,73,74,86)/t45-,48-,49+,50?,51+,52+,54+,56+,58-,61?,62+,67+,68+,69+,70-/m1/s1. The molecule has 0 bridgehead atoms. The molecule has 0 radical (unpaired) electrons. The number of alkyl halides is 2. The largest absolute Gasteiger partial charge is 0.465 e. The van der Waals surface area contributed by atoms with Gasteiger partial charge < -0.3 is 60.5 Å². The Kier molecular flexibility index (Phi) is 22.8. The number of primary amides is 1. The predicted molar refractivity (Wildman–Crippen MR) is 334 cm³/mol. The van der Waals surface area contributed by atoms with Gasteiger partial charge in [-0.3, -0.25) is 28.8 Å². The van der Waals surface area contributed by atoms with E-state index in [4.69, 9.17) is 34.2 Å². The number of rotatable bonds is 30. The van der Waals surface area contributed by atoms with E-state index in [0.29, 0.717) is 66.9 Å². The number of esters is 2. The fourth-order valence-electron chi connectivity index (χ4n) is 15.5. The Morgan fingerprint density at radius 2 is 1.58 bits per heavy atom. The topological polar surface area (TPSA) is 303 Å². The lowest BCUT2D eigenvalue weighted by atomic mass is 9.44. The Bertz CT molecular complexity index is 3220. The number of aliphatic hydroxyl groups is 1. The van der Waals surface area contributed by atoms with Crippen molar-refractivity contribution in [3.63, 3.8) is 0 Å². The zero-order chi connectivity index (χ0) is 66.8. The summed E-state index contributed by atoms with van der Waals surface area (Å²) < 4.78 is 69.2. The highest BCUT2D eigenvalue weighted by molar-refractivity contribution is 6.02. The molecule has 5 amide bonds. The minimum Gasteiger partial charge on any atom is -0.465 e. The van der Waals surface area contributed by atoms with Crippen molar-refractivity contribution in [2.24, 2.45) is 58.0 Å². The highest BCUT2D eigenvalue weighted by Gasteiger charge is 2.80. The first kappa shape index (κ1) is 69.9. The molecule has 6 aliphatic carbocycles. The molecule has 1 aliphatic heterocycles. The van der Waals surface area contributed by atoms with Crippen molar-refractivity contribution in [1.29, 1.82) is 0 Å². The van der Waals surface area contributed by atoms with Crippen LogP contribution in [-0.2, 0) is 70.3 Å². The van der Waals surface area contributed by atoms with Gasteiger partial charge in [-0.25, -0.2) is 23.2 Å². The van der Waals surface area contributed by atoms with Gasteiger partial charge in [0, 0.05) is 80.2 Å². The molecule has 7 aliphatic rings. The number of anilines is 1. The maximum Gasteiger partial charge on any atom is 0.407 e. The number of urea groups is 1. The fourth-order valence-corrected chi connectivity index (χ4v) is 15.5. The Morgan fingerprint density at radius 1 is 0.871 bits per heavy atom. The van der Waals surface area contributed by atoms with Crippen molar-refractivity contribution in [3.8, 4) is 11.8 Å². The minimum absolute atomic E-state index is 0.0144. The molecule has 21 nitrogen and oxygen atoms in total. The van der Waals surface area contributed by atoms with Crippen LogP contribution in [0.2, 0.25) is 0 Å². The van der Waals surface area contributed by atoms with Gasteiger partial charge in [0.25, 0.3) is 0 Å². The van der Waals surface area contributed by atoms with Crippen LogP contribution in [0.25, 0.3) is 0 Å². The number of halogens is 2. The number of nitrogens with two attached hydrogens (primary N) is 1. The normalized spacial score (nSPS) is 30.1. The Balaban J connectivity index is 0.701. The number of allylic oxidation sites excluding steroid dienone is 4. The average Bonchev–Trinajstić information content (AvgIpc) is 1.59. The van der Waals surface area contributed by atoms with Crippen LogP contribution in [0.15, 0.2) is 72.3 Å². The number of alkyl carbamates (subject to hydrolysis) is 1. The summed E-state index contributed by atoms with van der Waals surface area (Å²) in [6.45, 7) is 8.83. The summed E-state index contributed by atoms with van der Waals surface area (Å²) in [4.78, 5) is 118. The Labute approximate surface area is 541 Å². The van der Waals surface area contributed by atoms with Crippen molar-refractivity contribution < 1.29 is 85.5 Å². The molecule has 9 rings (SSSR count). The molecule has 1 heterocycles. The van der Waals surface area contributed by atoms with Crippen LogP contribution in [0.3, 0.4) is 0 Å². The molecular weight excluding hydrogens is 1200 g/mol. The van der Waals surface area contributed by atoms with Gasteiger partial charge in [-0.05, 0) is 147 Å². The lowest BCUT2D eigenvalue weighted by Crippen LogP contribution is -2.71. The maximum atomic E-state index is 17.9. The van der Waals surface area contributed by atoms with Crippen molar-refractivity contribution in [3.05, 3.63) is 89.0 Å². The number of ether oxygens (including phenoxy) is 6. The Morgan fingerprint density at radius 3 is 2.27 bits per heavy atom. The summed E-state index contributed by atoms with van der Waals surface area (Å²) in [6.07, 6.45) is 3.37. The third-order valence-corrected chi connectivity index (χ3v) is 20.5. The molecule has 2 aromatic carbocycles. The number of carbonyl (C=O) groups excluding carboxylic acids is 9. The summed E-state index contributed by atoms with van der Waals surface area (Å²) in [5, 5.41) is 22.7. The van der Waals surface area contributed by atoms with Crippen LogP contribution < -0.4 is 27.0 Å². The van der Waals surface area contributed by atoms with E-state index in [1.54, 1.807) is 57.2 Å². The van der Waals surface area contributed by atoms with E-state index >= 15 is 8.78 Å². The second-order valence-electron chi connectivity index (χ2n) is 26.8. The SMILES string of the molecule is CCCC1O[C@@H]2C[C@H]3[C@@H]4C[C@H](F)C5=CC(=O)C=C[C@]5(C)[C@@]4(F)[C@@H](O)C[C@]3(C)[C@]2(C(=O)COC(=O)c2ccc(CNC(=O)OCc3ccc(NC(=O)[C@H](CCCNC(N)=O)CC(=O)[C@@H](NC(=O)CCOCCCC(=O)OCC4[C@H]5CCC#CCC[C@@H]45)C(C)C)cc3)cc2)O1. The number of hydrogen-bond acceptors (Lipinski definition) is 16.